The molecule has 0 aliphatic rings. The fourth-order valence-corrected chi connectivity index (χ4v) is 2.13. The Kier molecular flexibility index (Phi) is 3.53. The third-order valence-electron chi connectivity index (χ3n) is 2.97. The fourth-order valence-electron chi connectivity index (χ4n) is 2.13. The predicted molar refractivity (Wildman–Crippen MR) is 74.4 cm³/mol. The van der Waals surface area contributed by atoms with Crippen LogP contribution >= 0.6 is 0 Å². The van der Waals surface area contributed by atoms with Crippen molar-refractivity contribution >= 4 is 0 Å². The molecule has 0 amide bonds. The van der Waals surface area contributed by atoms with Gasteiger partial charge in [-0.15, -0.1) is 0 Å². The van der Waals surface area contributed by atoms with Gasteiger partial charge in [0.05, 0.1) is 0 Å². The second-order valence-corrected chi connectivity index (χ2v) is 5.65. The number of hydrogen-bond acceptors (Lipinski definition) is 2. The van der Waals surface area contributed by atoms with E-state index in [1.165, 1.54) is 11.1 Å². The molecule has 0 aliphatic carbocycles. The molecule has 1 aromatic heterocycles. The zero-order valence-corrected chi connectivity index (χ0v) is 11.4. The van der Waals surface area contributed by atoms with Crippen molar-refractivity contribution in [3.05, 3.63) is 53.6 Å². The first kappa shape index (κ1) is 12.8. The van der Waals surface area contributed by atoms with Gasteiger partial charge in [0.15, 0.2) is 0 Å². The summed E-state index contributed by atoms with van der Waals surface area (Å²) in [6.07, 6.45) is 3.91. The molecule has 0 saturated heterocycles. The number of rotatable bonds is 3. The quantitative estimate of drug-likeness (QED) is 0.900. The first-order chi connectivity index (χ1) is 8.50. The summed E-state index contributed by atoms with van der Waals surface area (Å²) in [6.45, 7) is 7.98. The molecule has 3 nitrogen and oxygen atoms in total. The lowest BCUT2D eigenvalue weighted by Crippen LogP contribution is -2.19. The van der Waals surface area contributed by atoms with Crippen LogP contribution in [0.3, 0.4) is 0 Å². The molecule has 18 heavy (non-hydrogen) atoms. The van der Waals surface area contributed by atoms with Crippen molar-refractivity contribution in [3.63, 3.8) is 0 Å². The van der Waals surface area contributed by atoms with Crippen molar-refractivity contribution < 1.29 is 0 Å². The van der Waals surface area contributed by atoms with Gasteiger partial charge in [-0.05, 0) is 11.1 Å². The van der Waals surface area contributed by atoms with Crippen LogP contribution in [0.5, 0.6) is 0 Å². The molecule has 3 heteroatoms. The van der Waals surface area contributed by atoms with Crippen LogP contribution in [-0.4, -0.2) is 9.55 Å². The topological polar surface area (TPSA) is 43.8 Å². The predicted octanol–water partition coefficient (Wildman–Crippen LogP) is 2.69. The van der Waals surface area contributed by atoms with Crippen molar-refractivity contribution in [2.75, 3.05) is 0 Å². The molecule has 96 valence electrons. The van der Waals surface area contributed by atoms with Crippen molar-refractivity contribution in [3.8, 4) is 0 Å². The van der Waals surface area contributed by atoms with E-state index in [2.05, 4.69) is 54.6 Å². The number of aromatic nitrogens is 2. The van der Waals surface area contributed by atoms with Crippen molar-refractivity contribution in [1.82, 2.24) is 9.55 Å². The monoisotopic (exact) mass is 243 g/mol. The third-order valence-corrected chi connectivity index (χ3v) is 2.97. The maximum atomic E-state index is 5.67. The van der Waals surface area contributed by atoms with Crippen LogP contribution in [0.2, 0.25) is 0 Å². The molecule has 0 unspecified atom stereocenters. The molecule has 2 N–H and O–H groups in total. The van der Waals surface area contributed by atoms with Gasteiger partial charge < -0.3 is 10.3 Å². The van der Waals surface area contributed by atoms with Gasteiger partial charge in [-0.25, -0.2) is 4.98 Å². The van der Waals surface area contributed by atoms with E-state index in [1.807, 2.05) is 12.4 Å². The molecular weight excluding hydrogens is 222 g/mol. The molecular formula is C15H21N3. The smallest absolute Gasteiger partial charge is 0.114 e. The van der Waals surface area contributed by atoms with Crippen molar-refractivity contribution in [1.29, 1.82) is 0 Å². The summed E-state index contributed by atoms with van der Waals surface area (Å²) in [5, 5.41) is 0. The first-order valence-electron chi connectivity index (χ1n) is 6.30. The van der Waals surface area contributed by atoms with E-state index in [1.54, 1.807) is 0 Å². The van der Waals surface area contributed by atoms with Gasteiger partial charge in [0.25, 0.3) is 0 Å². The average Bonchev–Trinajstić information content (AvgIpc) is 2.77. The van der Waals surface area contributed by atoms with E-state index < -0.39 is 0 Å². The van der Waals surface area contributed by atoms with E-state index >= 15 is 0 Å². The number of hydrogen-bond donors (Lipinski definition) is 1. The molecule has 1 heterocycles. The van der Waals surface area contributed by atoms with Gasteiger partial charge in [-0.3, -0.25) is 0 Å². The van der Waals surface area contributed by atoms with E-state index in [-0.39, 0.29) is 5.41 Å². The van der Waals surface area contributed by atoms with Gasteiger partial charge in [-0.2, -0.15) is 0 Å². The average molecular weight is 243 g/mol. The van der Waals surface area contributed by atoms with Gasteiger partial charge in [-0.1, -0.05) is 45.0 Å². The molecule has 2 rings (SSSR count). The fraction of sp³-hybridized carbons (Fsp3) is 0.400. The Morgan fingerprint density at radius 1 is 1.22 bits per heavy atom. The maximum absolute atomic E-state index is 5.67. The molecule has 0 saturated carbocycles. The molecule has 1 aromatic carbocycles. The zero-order chi connectivity index (χ0) is 13.2. The van der Waals surface area contributed by atoms with Crippen LogP contribution in [0.1, 0.15) is 37.7 Å². The van der Waals surface area contributed by atoms with Crippen LogP contribution in [0.15, 0.2) is 36.7 Å². The van der Waals surface area contributed by atoms with Crippen LogP contribution in [0, 0.1) is 0 Å². The van der Waals surface area contributed by atoms with Gasteiger partial charge in [0, 0.05) is 30.9 Å². The highest BCUT2D eigenvalue weighted by atomic mass is 15.1. The maximum Gasteiger partial charge on any atom is 0.114 e. The second-order valence-electron chi connectivity index (χ2n) is 5.65. The summed E-state index contributed by atoms with van der Waals surface area (Å²) in [5.41, 5.74) is 8.17. The highest BCUT2D eigenvalue weighted by molar-refractivity contribution is 5.24. The molecule has 0 atom stereocenters. The number of benzene rings is 1. The minimum absolute atomic E-state index is 0.0645. The van der Waals surface area contributed by atoms with Crippen molar-refractivity contribution in [2.24, 2.45) is 5.73 Å². The second kappa shape index (κ2) is 4.94. The molecule has 0 fully saturated rings. The minimum Gasteiger partial charge on any atom is -0.330 e. The van der Waals surface area contributed by atoms with Crippen LogP contribution in [0.4, 0.5) is 0 Å². The lowest BCUT2D eigenvalue weighted by molar-refractivity contribution is 0.511. The Morgan fingerprint density at radius 2 is 1.94 bits per heavy atom. The number of nitrogens with two attached hydrogens (primary N) is 1. The van der Waals surface area contributed by atoms with Gasteiger partial charge >= 0.3 is 0 Å². The normalized spacial score (nSPS) is 11.8. The van der Waals surface area contributed by atoms with Gasteiger partial charge in [0.2, 0.25) is 0 Å². The largest absolute Gasteiger partial charge is 0.330 e. The molecule has 0 radical (unpaired) electrons. The summed E-state index contributed by atoms with van der Waals surface area (Å²) in [7, 11) is 0. The van der Waals surface area contributed by atoms with Crippen LogP contribution in [0.25, 0.3) is 0 Å². The molecule has 0 aliphatic heterocycles. The van der Waals surface area contributed by atoms with E-state index in [4.69, 9.17) is 5.73 Å². The highest BCUT2D eigenvalue weighted by Crippen LogP contribution is 2.21. The van der Waals surface area contributed by atoms with E-state index in [0.717, 1.165) is 12.4 Å². The SMILES string of the molecule is CC(C)(C)c1nccn1Cc1cccc(CN)c1. The van der Waals surface area contributed by atoms with E-state index in [0.29, 0.717) is 6.54 Å². The number of imidazole rings is 1. The molecule has 0 spiro atoms. The first-order valence-corrected chi connectivity index (χ1v) is 6.30. The third kappa shape index (κ3) is 2.79. The lowest BCUT2D eigenvalue weighted by atomic mass is 9.95. The standard InChI is InChI=1S/C15H21N3/c1-15(2,3)14-17-7-8-18(14)11-13-6-4-5-12(9-13)10-16/h4-9H,10-11,16H2,1-3H3. The Bertz CT molecular complexity index is 521. The van der Waals surface area contributed by atoms with E-state index in [9.17, 15) is 0 Å². The number of nitrogens with zero attached hydrogens (tertiary/aromatic N) is 2. The minimum atomic E-state index is 0.0645. The zero-order valence-electron chi connectivity index (χ0n) is 11.4. The summed E-state index contributed by atoms with van der Waals surface area (Å²) in [6, 6.07) is 8.41. The summed E-state index contributed by atoms with van der Waals surface area (Å²) in [5.74, 6) is 1.11. The molecule has 2 aromatic rings. The highest BCUT2D eigenvalue weighted by Gasteiger charge is 2.19. The Balaban J connectivity index is 2.26. The lowest BCUT2D eigenvalue weighted by Gasteiger charge is -2.20. The molecule has 0 bridgehead atoms. The van der Waals surface area contributed by atoms with Crippen molar-refractivity contribution in [2.45, 2.75) is 39.3 Å². The van der Waals surface area contributed by atoms with Gasteiger partial charge in [0.1, 0.15) is 5.82 Å². The Hall–Kier alpha value is -1.61. The Morgan fingerprint density at radius 3 is 2.61 bits per heavy atom. The Labute approximate surface area is 109 Å². The van der Waals surface area contributed by atoms with Crippen LogP contribution in [-0.2, 0) is 18.5 Å². The summed E-state index contributed by atoms with van der Waals surface area (Å²) >= 11 is 0. The summed E-state index contributed by atoms with van der Waals surface area (Å²) in [4.78, 5) is 4.46. The summed E-state index contributed by atoms with van der Waals surface area (Å²) < 4.78 is 2.20. The van der Waals surface area contributed by atoms with Crippen LogP contribution < -0.4 is 5.73 Å².